The van der Waals surface area contributed by atoms with Gasteiger partial charge in [0.2, 0.25) is 5.88 Å². The average Bonchev–Trinajstić information content (AvgIpc) is 2.07. The minimum absolute atomic E-state index is 0.677. The maximum atomic E-state index is 5.19. The topological polar surface area (TPSA) is 22.1 Å². The maximum Gasteiger partial charge on any atom is 0.213 e. The fourth-order valence-corrected chi connectivity index (χ4v) is 1.17. The molecule has 0 bridgehead atoms. The maximum absolute atomic E-state index is 5.19. The highest BCUT2D eigenvalue weighted by molar-refractivity contribution is 14.1. The zero-order chi connectivity index (χ0) is 8.10. The molecule has 1 rings (SSSR count). The number of hydrogen-bond acceptors (Lipinski definition) is 2. The van der Waals surface area contributed by atoms with E-state index in [-0.39, 0.29) is 0 Å². The Hall–Kier alpha value is -0.320. The number of aromatic nitrogens is 1. The van der Waals surface area contributed by atoms with Crippen LogP contribution in [0.3, 0.4) is 0 Å². The quantitative estimate of drug-likeness (QED) is 0.617. The van der Waals surface area contributed by atoms with Crippen molar-refractivity contribution in [3.63, 3.8) is 0 Å². The third-order valence-corrected chi connectivity index (χ3v) is 2.12. The van der Waals surface area contributed by atoms with Crippen molar-refractivity contribution in [2.75, 3.05) is 6.61 Å². The molecule has 1 aromatic heterocycles. The zero-order valence-electron chi connectivity index (χ0n) is 6.38. The Balaban J connectivity index is 2.66. The van der Waals surface area contributed by atoms with E-state index >= 15 is 0 Å². The van der Waals surface area contributed by atoms with Gasteiger partial charge in [0.15, 0.2) is 0 Å². The molecule has 0 amide bonds. The van der Waals surface area contributed by atoms with Crippen LogP contribution in [-0.4, -0.2) is 11.6 Å². The molecule has 0 aliphatic rings. The van der Waals surface area contributed by atoms with Gasteiger partial charge in [-0.15, -0.1) is 0 Å². The van der Waals surface area contributed by atoms with Gasteiger partial charge in [-0.1, -0.05) is 28.7 Å². The molecule has 3 heteroatoms. The molecule has 1 heterocycles. The lowest BCUT2D eigenvalue weighted by Gasteiger charge is -2.00. The largest absolute Gasteiger partial charge is 0.478 e. The number of alkyl halides is 1. The molecule has 2 nitrogen and oxygen atoms in total. The van der Waals surface area contributed by atoms with Gasteiger partial charge in [-0.05, 0) is 12.5 Å². The second-order valence-corrected chi connectivity index (χ2v) is 2.83. The molecule has 0 unspecified atom stereocenters. The number of pyridine rings is 1. The third-order valence-electron chi connectivity index (χ3n) is 1.24. The van der Waals surface area contributed by atoms with Crippen molar-refractivity contribution in [3.8, 4) is 5.88 Å². The number of nitrogens with zero attached hydrogens (tertiary/aromatic N) is 1. The molecule has 0 N–H and O–H groups in total. The molecule has 0 spiro atoms. The first-order valence-corrected chi connectivity index (χ1v) is 5.03. The molecular formula is C8H10INO. The standard InChI is InChI=1S/C8H10INO/c1-2-11-8-4-3-7(5-9)6-10-8/h3-4,6H,2,5H2,1H3. The molecular weight excluding hydrogens is 253 g/mol. The first-order chi connectivity index (χ1) is 5.36. The van der Waals surface area contributed by atoms with E-state index < -0.39 is 0 Å². The summed E-state index contributed by atoms with van der Waals surface area (Å²) in [5, 5.41) is 0. The average molecular weight is 263 g/mol. The molecule has 0 fully saturated rings. The molecule has 1 aromatic rings. The summed E-state index contributed by atoms with van der Waals surface area (Å²) < 4.78 is 6.19. The number of ether oxygens (including phenoxy) is 1. The van der Waals surface area contributed by atoms with Crippen LogP contribution in [0.15, 0.2) is 18.3 Å². The van der Waals surface area contributed by atoms with Crippen LogP contribution in [0.2, 0.25) is 0 Å². The van der Waals surface area contributed by atoms with Crippen molar-refractivity contribution >= 4 is 22.6 Å². The molecule has 0 aliphatic carbocycles. The van der Waals surface area contributed by atoms with Crippen molar-refractivity contribution in [1.82, 2.24) is 4.98 Å². The molecule has 0 atom stereocenters. The van der Waals surface area contributed by atoms with Gasteiger partial charge in [-0.25, -0.2) is 4.98 Å². The van der Waals surface area contributed by atoms with Crippen molar-refractivity contribution in [2.45, 2.75) is 11.4 Å². The smallest absolute Gasteiger partial charge is 0.213 e. The zero-order valence-corrected chi connectivity index (χ0v) is 8.54. The Kier molecular flexibility index (Phi) is 3.62. The summed E-state index contributed by atoms with van der Waals surface area (Å²) in [6.07, 6.45) is 1.84. The van der Waals surface area contributed by atoms with E-state index in [1.165, 1.54) is 5.56 Å². The highest BCUT2D eigenvalue weighted by Gasteiger charge is 1.92. The number of hydrogen-bond donors (Lipinski definition) is 0. The molecule has 0 saturated heterocycles. The summed E-state index contributed by atoms with van der Waals surface area (Å²) in [4.78, 5) is 4.11. The number of halogens is 1. The van der Waals surface area contributed by atoms with E-state index in [1.54, 1.807) is 0 Å². The summed E-state index contributed by atoms with van der Waals surface area (Å²) in [6, 6.07) is 3.93. The molecule has 0 aliphatic heterocycles. The lowest BCUT2D eigenvalue weighted by Crippen LogP contribution is -1.93. The first-order valence-electron chi connectivity index (χ1n) is 3.50. The lowest BCUT2D eigenvalue weighted by atomic mass is 10.3. The lowest BCUT2D eigenvalue weighted by molar-refractivity contribution is 0.327. The molecule has 0 aromatic carbocycles. The van der Waals surface area contributed by atoms with E-state index in [9.17, 15) is 0 Å². The second-order valence-electron chi connectivity index (χ2n) is 2.07. The summed E-state index contributed by atoms with van der Waals surface area (Å²) in [6.45, 7) is 2.63. The van der Waals surface area contributed by atoms with E-state index in [0.717, 1.165) is 4.43 Å². The fraction of sp³-hybridized carbons (Fsp3) is 0.375. The van der Waals surface area contributed by atoms with Crippen molar-refractivity contribution < 1.29 is 4.74 Å². The van der Waals surface area contributed by atoms with Gasteiger partial charge in [0, 0.05) is 16.7 Å². The minimum Gasteiger partial charge on any atom is -0.478 e. The summed E-state index contributed by atoms with van der Waals surface area (Å²) in [5.41, 5.74) is 1.23. The van der Waals surface area contributed by atoms with Gasteiger partial charge in [0.1, 0.15) is 0 Å². The van der Waals surface area contributed by atoms with E-state index in [4.69, 9.17) is 4.74 Å². The van der Waals surface area contributed by atoms with Crippen molar-refractivity contribution in [2.24, 2.45) is 0 Å². The highest BCUT2D eigenvalue weighted by Crippen LogP contribution is 2.09. The Bertz CT molecular complexity index is 210. The summed E-state index contributed by atoms with van der Waals surface area (Å²) >= 11 is 2.31. The Morgan fingerprint density at radius 1 is 1.55 bits per heavy atom. The Morgan fingerprint density at radius 3 is 2.82 bits per heavy atom. The minimum atomic E-state index is 0.677. The van der Waals surface area contributed by atoms with Crippen LogP contribution >= 0.6 is 22.6 Å². The fourth-order valence-electron chi connectivity index (χ4n) is 0.723. The van der Waals surface area contributed by atoms with Crippen LogP contribution in [0.25, 0.3) is 0 Å². The van der Waals surface area contributed by atoms with Gasteiger partial charge in [0.05, 0.1) is 6.61 Å². The SMILES string of the molecule is CCOc1ccc(CI)cn1. The predicted molar refractivity (Wildman–Crippen MR) is 53.1 cm³/mol. The van der Waals surface area contributed by atoms with Gasteiger partial charge in [0.25, 0.3) is 0 Å². The van der Waals surface area contributed by atoms with Crippen LogP contribution < -0.4 is 4.74 Å². The summed E-state index contributed by atoms with van der Waals surface area (Å²) in [7, 11) is 0. The van der Waals surface area contributed by atoms with Crippen LogP contribution in [-0.2, 0) is 4.43 Å². The predicted octanol–water partition coefficient (Wildman–Crippen LogP) is 2.42. The second kappa shape index (κ2) is 4.54. The van der Waals surface area contributed by atoms with E-state index in [1.807, 2.05) is 25.3 Å². The number of rotatable bonds is 3. The van der Waals surface area contributed by atoms with Gasteiger partial charge in [-0.2, -0.15) is 0 Å². The normalized spacial score (nSPS) is 9.64. The molecule has 11 heavy (non-hydrogen) atoms. The van der Waals surface area contributed by atoms with Crippen LogP contribution in [0, 0.1) is 0 Å². The van der Waals surface area contributed by atoms with Crippen molar-refractivity contribution in [1.29, 1.82) is 0 Å². The van der Waals surface area contributed by atoms with Crippen LogP contribution in [0.4, 0.5) is 0 Å². The van der Waals surface area contributed by atoms with Gasteiger partial charge >= 0.3 is 0 Å². The van der Waals surface area contributed by atoms with E-state index in [2.05, 4.69) is 27.6 Å². The third kappa shape index (κ3) is 2.65. The first kappa shape index (κ1) is 8.77. The molecule has 0 saturated carbocycles. The van der Waals surface area contributed by atoms with E-state index in [0.29, 0.717) is 12.5 Å². The molecule has 0 radical (unpaired) electrons. The summed E-state index contributed by atoms with van der Waals surface area (Å²) in [5.74, 6) is 0.709. The Morgan fingerprint density at radius 2 is 2.36 bits per heavy atom. The van der Waals surface area contributed by atoms with Crippen LogP contribution in [0.1, 0.15) is 12.5 Å². The molecule has 60 valence electrons. The van der Waals surface area contributed by atoms with Crippen LogP contribution in [0.5, 0.6) is 5.88 Å². The Labute approximate surface area is 80.1 Å². The highest BCUT2D eigenvalue weighted by atomic mass is 127. The van der Waals surface area contributed by atoms with Crippen molar-refractivity contribution in [3.05, 3.63) is 23.9 Å². The monoisotopic (exact) mass is 263 g/mol. The van der Waals surface area contributed by atoms with Gasteiger partial charge < -0.3 is 4.74 Å². The van der Waals surface area contributed by atoms with Gasteiger partial charge in [-0.3, -0.25) is 0 Å².